The molecule has 27 heavy (non-hydrogen) atoms. The van der Waals surface area contributed by atoms with E-state index in [4.69, 9.17) is 4.74 Å². The Balaban J connectivity index is 1.80. The molecule has 2 aromatic carbocycles. The molecule has 0 aliphatic carbocycles. The topological polar surface area (TPSA) is 58.6 Å². The van der Waals surface area contributed by atoms with Gasteiger partial charge in [-0.1, -0.05) is 38.0 Å². The minimum atomic E-state index is -0.103. The number of carbonyl (C=O) groups is 2. The molecule has 0 aromatic heterocycles. The van der Waals surface area contributed by atoms with Crippen molar-refractivity contribution in [2.45, 2.75) is 39.5 Å². The van der Waals surface area contributed by atoms with Gasteiger partial charge in [-0.05, 0) is 42.8 Å². The number of ether oxygens (including phenoxy) is 1. The number of nitrogens with zero attached hydrogens (tertiary/aromatic N) is 1. The van der Waals surface area contributed by atoms with Crippen molar-refractivity contribution in [3.05, 3.63) is 54.6 Å². The molecule has 1 N–H and O–H groups in total. The van der Waals surface area contributed by atoms with Crippen molar-refractivity contribution < 1.29 is 14.3 Å². The van der Waals surface area contributed by atoms with Gasteiger partial charge in [0.05, 0.1) is 0 Å². The van der Waals surface area contributed by atoms with Crippen molar-refractivity contribution in [3.8, 4) is 11.5 Å². The number of hydrogen-bond acceptors (Lipinski definition) is 3. The molecule has 2 amide bonds. The third-order valence-corrected chi connectivity index (χ3v) is 4.20. The lowest BCUT2D eigenvalue weighted by atomic mass is 10.2. The molecule has 0 saturated heterocycles. The first kappa shape index (κ1) is 20.5. The minimum absolute atomic E-state index is 0.0151. The summed E-state index contributed by atoms with van der Waals surface area (Å²) in [5.74, 6) is 1.38. The highest BCUT2D eigenvalue weighted by Crippen LogP contribution is 2.22. The van der Waals surface area contributed by atoms with E-state index < -0.39 is 0 Å². The average Bonchev–Trinajstić information content (AvgIpc) is 2.66. The predicted molar refractivity (Wildman–Crippen MR) is 108 cm³/mol. The van der Waals surface area contributed by atoms with Crippen molar-refractivity contribution in [3.63, 3.8) is 0 Å². The van der Waals surface area contributed by atoms with Crippen LogP contribution in [0.3, 0.4) is 0 Å². The molecule has 0 bridgehead atoms. The van der Waals surface area contributed by atoms with Crippen molar-refractivity contribution in [2.24, 2.45) is 0 Å². The van der Waals surface area contributed by atoms with Gasteiger partial charge in [0, 0.05) is 32.1 Å². The second-order valence-corrected chi connectivity index (χ2v) is 6.45. The summed E-state index contributed by atoms with van der Waals surface area (Å²) in [6.45, 7) is 4.83. The van der Waals surface area contributed by atoms with E-state index in [1.807, 2.05) is 42.5 Å². The summed E-state index contributed by atoms with van der Waals surface area (Å²) in [6.07, 6.45) is 3.46. The van der Waals surface area contributed by atoms with Crippen LogP contribution in [0.15, 0.2) is 54.6 Å². The van der Waals surface area contributed by atoms with Gasteiger partial charge in [-0.15, -0.1) is 0 Å². The maximum absolute atomic E-state index is 12.2. The summed E-state index contributed by atoms with van der Waals surface area (Å²) >= 11 is 0. The largest absolute Gasteiger partial charge is 0.457 e. The van der Waals surface area contributed by atoms with Gasteiger partial charge in [-0.2, -0.15) is 0 Å². The number of nitrogens with one attached hydrogen (secondary N) is 1. The fourth-order valence-corrected chi connectivity index (χ4v) is 2.67. The Hall–Kier alpha value is -2.82. The van der Waals surface area contributed by atoms with Crippen LogP contribution in [0.4, 0.5) is 5.69 Å². The lowest BCUT2D eigenvalue weighted by Crippen LogP contribution is -2.32. The van der Waals surface area contributed by atoms with Gasteiger partial charge in [0.2, 0.25) is 11.8 Å². The molecule has 0 fully saturated rings. The fraction of sp³-hybridized carbons (Fsp3) is 0.364. The first-order chi connectivity index (χ1) is 13.1. The van der Waals surface area contributed by atoms with Gasteiger partial charge in [0.25, 0.3) is 0 Å². The molecule has 2 rings (SSSR count). The molecule has 0 aliphatic rings. The first-order valence-electron chi connectivity index (χ1n) is 9.47. The average molecular weight is 368 g/mol. The van der Waals surface area contributed by atoms with Crippen LogP contribution in [-0.2, 0) is 9.59 Å². The molecule has 0 spiro atoms. The number of amides is 2. The van der Waals surface area contributed by atoms with Crippen molar-refractivity contribution >= 4 is 17.5 Å². The Bertz CT molecular complexity index is 714. The van der Waals surface area contributed by atoms with Crippen LogP contribution in [0.1, 0.15) is 39.5 Å². The van der Waals surface area contributed by atoms with Crippen LogP contribution in [0.5, 0.6) is 11.5 Å². The number of para-hydroxylation sites is 1. The van der Waals surface area contributed by atoms with Gasteiger partial charge in [0.1, 0.15) is 11.5 Å². The van der Waals surface area contributed by atoms with Gasteiger partial charge in [-0.3, -0.25) is 9.59 Å². The van der Waals surface area contributed by atoms with E-state index in [9.17, 15) is 9.59 Å². The van der Waals surface area contributed by atoms with Crippen LogP contribution in [-0.4, -0.2) is 29.8 Å². The van der Waals surface area contributed by atoms with Crippen LogP contribution in [0.25, 0.3) is 0 Å². The highest BCUT2D eigenvalue weighted by molar-refractivity contribution is 5.91. The van der Waals surface area contributed by atoms with Crippen LogP contribution in [0, 0.1) is 0 Å². The van der Waals surface area contributed by atoms with E-state index in [0.717, 1.165) is 25.0 Å². The smallest absolute Gasteiger partial charge is 0.226 e. The summed E-state index contributed by atoms with van der Waals surface area (Å²) in [5.41, 5.74) is 0.709. The third kappa shape index (κ3) is 7.52. The lowest BCUT2D eigenvalue weighted by molar-refractivity contribution is -0.129. The zero-order valence-corrected chi connectivity index (χ0v) is 16.1. The Labute approximate surface area is 161 Å². The van der Waals surface area contributed by atoms with Gasteiger partial charge >= 0.3 is 0 Å². The molecule has 2 aromatic rings. The Morgan fingerprint density at radius 3 is 2.22 bits per heavy atom. The molecule has 0 atom stereocenters. The zero-order chi connectivity index (χ0) is 19.5. The number of hydrogen-bond donors (Lipinski definition) is 1. The summed E-state index contributed by atoms with van der Waals surface area (Å²) in [5, 5.41) is 2.86. The van der Waals surface area contributed by atoms with E-state index in [2.05, 4.69) is 12.2 Å². The monoisotopic (exact) mass is 368 g/mol. The number of unbranched alkanes of at least 4 members (excludes halogenated alkanes) is 2. The number of carbonyl (C=O) groups excluding carboxylic acids is 2. The molecule has 0 saturated carbocycles. The van der Waals surface area contributed by atoms with Crippen LogP contribution >= 0.6 is 0 Å². The van der Waals surface area contributed by atoms with E-state index in [-0.39, 0.29) is 18.2 Å². The minimum Gasteiger partial charge on any atom is -0.457 e. The highest BCUT2D eigenvalue weighted by atomic mass is 16.5. The van der Waals surface area contributed by atoms with E-state index >= 15 is 0 Å². The van der Waals surface area contributed by atoms with Crippen LogP contribution in [0.2, 0.25) is 0 Å². The predicted octanol–water partition coefficient (Wildman–Crippen LogP) is 4.85. The molecule has 0 heterocycles. The zero-order valence-electron chi connectivity index (χ0n) is 16.1. The van der Waals surface area contributed by atoms with Gasteiger partial charge < -0.3 is 15.0 Å². The van der Waals surface area contributed by atoms with Gasteiger partial charge in [-0.25, -0.2) is 0 Å². The van der Waals surface area contributed by atoms with Gasteiger partial charge in [0.15, 0.2) is 0 Å². The quantitative estimate of drug-likeness (QED) is 0.610. The normalized spacial score (nSPS) is 10.3. The molecular formula is C22H28N2O3. The molecule has 0 radical (unpaired) electrons. The molecule has 5 nitrogen and oxygen atoms in total. The van der Waals surface area contributed by atoms with E-state index in [1.54, 1.807) is 24.0 Å². The number of anilines is 1. The summed E-state index contributed by atoms with van der Waals surface area (Å²) in [6, 6.07) is 16.8. The SMILES string of the molecule is CCCCCN(CCC(=O)Nc1ccc(Oc2ccccc2)cc1)C(C)=O. The second kappa shape index (κ2) is 11.0. The Morgan fingerprint density at radius 1 is 0.926 bits per heavy atom. The Kier molecular flexibility index (Phi) is 8.36. The number of benzene rings is 2. The maximum Gasteiger partial charge on any atom is 0.226 e. The molecule has 5 heteroatoms. The van der Waals surface area contributed by atoms with Crippen molar-refractivity contribution in [1.29, 1.82) is 0 Å². The summed E-state index contributed by atoms with van der Waals surface area (Å²) in [7, 11) is 0. The van der Waals surface area contributed by atoms with E-state index in [1.165, 1.54) is 0 Å². The third-order valence-electron chi connectivity index (χ3n) is 4.20. The van der Waals surface area contributed by atoms with Crippen molar-refractivity contribution in [2.75, 3.05) is 18.4 Å². The standard InChI is InChI=1S/C22H28N2O3/c1-3-4-8-16-24(18(2)25)17-15-22(26)23-19-11-13-21(14-12-19)27-20-9-6-5-7-10-20/h5-7,9-14H,3-4,8,15-17H2,1-2H3,(H,23,26). The summed E-state index contributed by atoms with van der Waals surface area (Å²) < 4.78 is 5.73. The van der Waals surface area contributed by atoms with E-state index in [0.29, 0.717) is 24.5 Å². The summed E-state index contributed by atoms with van der Waals surface area (Å²) in [4.78, 5) is 25.6. The highest BCUT2D eigenvalue weighted by Gasteiger charge is 2.11. The maximum atomic E-state index is 12.2. The first-order valence-corrected chi connectivity index (χ1v) is 9.47. The molecule has 144 valence electrons. The fourth-order valence-electron chi connectivity index (χ4n) is 2.67. The second-order valence-electron chi connectivity index (χ2n) is 6.45. The lowest BCUT2D eigenvalue weighted by Gasteiger charge is -2.20. The number of rotatable bonds is 10. The molecular weight excluding hydrogens is 340 g/mol. The van der Waals surface area contributed by atoms with Crippen LogP contribution < -0.4 is 10.1 Å². The molecule has 0 unspecified atom stereocenters. The van der Waals surface area contributed by atoms with Crippen molar-refractivity contribution in [1.82, 2.24) is 4.90 Å². The molecule has 0 aliphatic heterocycles. The Morgan fingerprint density at radius 2 is 1.59 bits per heavy atom.